The standard InChI is InChI=1S/C15H20N2O3S/c18-15(16-14-7-8-14)13-5-3-12(4-6-13)11-21(19,20)17-9-1-2-10-17/h3-6,14H,1-2,7-11H2,(H,16,18). The van der Waals surface area contributed by atoms with Crippen LogP contribution in [0.2, 0.25) is 0 Å². The quantitative estimate of drug-likeness (QED) is 0.896. The number of hydrogen-bond donors (Lipinski definition) is 1. The van der Waals surface area contributed by atoms with Crippen molar-refractivity contribution in [3.8, 4) is 0 Å². The molecule has 1 saturated carbocycles. The fraction of sp³-hybridized carbons (Fsp3) is 0.533. The zero-order chi connectivity index (χ0) is 14.9. The van der Waals surface area contributed by atoms with Gasteiger partial charge in [0.25, 0.3) is 5.91 Å². The molecule has 3 rings (SSSR count). The third-order valence-electron chi connectivity index (χ3n) is 3.94. The smallest absolute Gasteiger partial charge is 0.251 e. The van der Waals surface area contributed by atoms with Gasteiger partial charge in [-0.1, -0.05) is 12.1 Å². The van der Waals surface area contributed by atoms with Crippen molar-refractivity contribution in [2.24, 2.45) is 0 Å². The van der Waals surface area contributed by atoms with E-state index >= 15 is 0 Å². The summed E-state index contributed by atoms with van der Waals surface area (Å²) in [5, 5.41) is 2.92. The molecule has 6 heteroatoms. The molecule has 1 aromatic rings. The van der Waals surface area contributed by atoms with E-state index in [-0.39, 0.29) is 11.7 Å². The minimum atomic E-state index is -3.22. The first-order valence-electron chi connectivity index (χ1n) is 7.42. The highest BCUT2D eigenvalue weighted by molar-refractivity contribution is 7.88. The van der Waals surface area contributed by atoms with Gasteiger partial charge in [-0.05, 0) is 43.4 Å². The fourth-order valence-electron chi connectivity index (χ4n) is 2.52. The highest BCUT2D eigenvalue weighted by atomic mass is 32.2. The van der Waals surface area contributed by atoms with Crippen molar-refractivity contribution in [3.63, 3.8) is 0 Å². The largest absolute Gasteiger partial charge is 0.349 e. The minimum Gasteiger partial charge on any atom is -0.349 e. The number of carbonyl (C=O) groups excluding carboxylic acids is 1. The molecule has 2 fully saturated rings. The normalized spacial score (nSPS) is 19.6. The molecule has 114 valence electrons. The van der Waals surface area contributed by atoms with Crippen LogP contribution in [0.25, 0.3) is 0 Å². The highest BCUT2D eigenvalue weighted by Gasteiger charge is 2.26. The van der Waals surface area contributed by atoms with E-state index in [2.05, 4.69) is 5.32 Å². The Morgan fingerprint density at radius 3 is 2.33 bits per heavy atom. The Morgan fingerprint density at radius 2 is 1.76 bits per heavy atom. The third kappa shape index (κ3) is 3.63. The van der Waals surface area contributed by atoms with Gasteiger partial charge in [0, 0.05) is 24.7 Å². The van der Waals surface area contributed by atoms with Crippen LogP contribution < -0.4 is 5.32 Å². The Kier molecular flexibility index (Phi) is 3.99. The Balaban J connectivity index is 1.64. The Hall–Kier alpha value is -1.40. The van der Waals surface area contributed by atoms with Crippen molar-refractivity contribution in [2.45, 2.75) is 37.5 Å². The zero-order valence-electron chi connectivity index (χ0n) is 11.9. The summed E-state index contributed by atoms with van der Waals surface area (Å²) >= 11 is 0. The first-order chi connectivity index (χ1) is 10.0. The maximum absolute atomic E-state index is 12.2. The van der Waals surface area contributed by atoms with Crippen LogP contribution in [0.3, 0.4) is 0 Å². The summed E-state index contributed by atoms with van der Waals surface area (Å²) in [6, 6.07) is 7.19. The summed E-state index contributed by atoms with van der Waals surface area (Å²) in [6.07, 6.45) is 3.99. The van der Waals surface area contributed by atoms with Gasteiger partial charge in [-0.2, -0.15) is 0 Å². The average molecular weight is 308 g/mol. The second kappa shape index (κ2) is 5.77. The second-order valence-corrected chi connectivity index (χ2v) is 7.78. The molecule has 0 bridgehead atoms. The van der Waals surface area contributed by atoms with E-state index in [1.165, 1.54) is 0 Å². The van der Waals surface area contributed by atoms with Crippen molar-refractivity contribution in [2.75, 3.05) is 13.1 Å². The summed E-state index contributed by atoms with van der Waals surface area (Å²) in [6.45, 7) is 1.26. The van der Waals surface area contributed by atoms with Gasteiger partial charge in [0.15, 0.2) is 0 Å². The maximum Gasteiger partial charge on any atom is 0.251 e. The molecule has 5 nitrogen and oxygen atoms in total. The molecule has 1 heterocycles. The molecule has 0 radical (unpaired) electrons. The van der Waals surface area contributed by atoms with Gasteiger partial charge in [0.2, 0.25) is 10.0 Å². The summed E-state index contributed by atoms with van der Waals surface area (Å²) in [5.41, 5.74) is 1.31. The monoisotopic (exact) mass is 308 g/mol. The first-order valence-corrected chi connectivity index (χ1v) is 9.03. The zero-order valence-corrected chi connectivity index (χ0v) is 12.7. The summed E-state index contributed by atoms with van der Waals surface area (Å²) in [4.78, 5) is 11.9. The first kappa shape index (κ1) is 14.5. The number of amides is 1. The second-order valence-electron chi connectivity index (χ2n) is 5.81. The van der Waals surface area contributed by atoms with Crippen molar-refractivity contribution in [1.29, 1.82) is 0 Å². The number of benzene rings is 1. The molecule has 1 saturated heterocycles. The lowest BCUT2D eigenvalue weighted by molar-refractivity contribution is 0.0951. The van der Waals surface area contributed by atoms with E-state index in [1.807, 2.05) is 0 Å². The number of hydrogen-bond acceptors (Lipinski definition) is 3. The van der Waals surface area contributed by atoms with Gasteiger partial charge in [-0.3, -0.25) is 4.79 Å². The molecule has 1 aliphatic carbocycles. The van der Waals surface area contributed by atoms with Crippen LogP contribution in [0.15, 0.2) is 24.3 Å². The molecular weight excluding hydrogens is 288 g/mol. The number of carbonyl (C=O) groups is 1. The van der Waals surface area contributed by atoms with Gasteiger partial charge < -0.3 is 5.32 Å². The molecule has 0 unspecified atom stereocenters. The van der Waals surface area contributed by atoms with Crippen LogP contribution in [-0.2, 0) is 15.8 Å². The van der Waals surface area contributed by atoms with Crippen LogP contribution in [-0.4, -0.2) is 37.8 Å². The predicted octanol–water partition coefficient (Wildman–Crippen LogP) is 1.50. The lowest BCUT2D eigenvalue weighted by Gasteiger charge is -2.15. The van der Waals surface area contributed by atoms with E-state index in [1.54, 1.807) is 28.6 Å². The van der Waals surface area contributed by atoms with Crippen molar-refractivity contribution < 1.29 is 13.2 Å². The van der Waals surface area contributed by atoms with Crippen molar-refractivity contribution in [1.82, 2.24) is 9.62 Å². The Labute approximate surface area is 125 Å². The summed E-state index contributed by atoms with van der Waals surface area (Å²) in [7, 11) is -3.22. The van der Waals surface area contributed by atoms with E-state index in [0.717, 1.165) is 31.2 Å². The molecule has 1 amide bonds. The molecule has 2 aliphatic rings. The van der Waals surface area contributed by atoms with Gasteiger partial charge in [0.05, 0.1) is 5.75 Å². The minimum absolute atomic E-state index is 0.0114. The summed E-state index contributed by atoms with van der Waals surface area (Å²) < 4.78 is 26.0. The molecule has 21 heavy (non-hydrogen) atoms. The van der Waals surface area contributed by atoms with E-state index in [4.69, 9.17) is 0 Å². The van der Waals surface area contributed by atoms with Gasteiger partial charge >= 0.3 is 0 Å². The lowest BCUT2D eigenvalue weighted by atomic mass is 10.1. The van der Waals surface area contributed by atoms with Crippen LogP contribution in [0, 0.1) is 0 Å². The van der Waals surface area contributed by atoms with Gasteiger partial charge in [-0.15, -0.1) is 0 Å². The summed E-state index contributed by atoms with van der Waals surface area (Å²) in [5.74, 6) is -0.0659. The van der Waals surface area contributed by atoms with E-state index < -0.39 is 10.0 Å². The Morgan fingerprint density at radius 1 is 1.14 bits per heavy atom. The van der Waals surface area contributed by atoms with Crippen molar-refractivity contribution >= 4 is 15.9 Å². The molecule has 0 spiro atoms. The van der Waals surface area contributed by atoms with Gasteiger partial charge in [0.1, 0.15) is 0 Å². The number of nitrogens with zero attached hydrogens (tertiary/aromatic N) is 1. The molecular formula is C15H20N2O3S. The topological polar surface area (TPSA) is 66.5 Å². The lowest BCUT2D eigenvalue weighted by Crippen LogP contribution is -2.29. The van der Waals surface area contributed by atoms with Crippen molar-refractivity contribution in [3.05, 3.63) is 35.4 Å². The number of nitrogens with one attached hydrogen (secondary N) is 1. The van der Waals surface area contributed by atoms with Crippen LogP contribution in [0.1, 0.15) is 41.6 Å². The average Bonchev–Trinajstić information content (AvgIpc) is 3.07. The highest BCUT2D eigenvalue weighted by Crippen LogP contribution is 2.20. The van der Waals surface area contributed by atoms with Crippen LogP contribution >= 0.6 is 0 Å². The maximum atomic E-state index is 12.2. The molecule has 1 aromatic carbocycles. The SMILES string of the molecule is O=C(NC1CC1)c1ccc(CS(=O)(=O)N2CCCC2)cc1. The molecule has 0 aromatic heterocycles. The predicted molar refractivity (Wildman–Crippen MR) is 80.4 cm³/mol. The molecule has 0 atom stereocenters. The third-order valence-corrected chi connectivity index (χ3v) is 5.79. The van der Waals surface area contributed by atoms with E-state index in [0.29, 0.717) is 24.7 Å². The molecule has 1 aliphatic heterocycles. The van der Waals surface area contributed by atoms with E-state index in [9.17, 15) is 13.2 Å². The molecule has 1 N–H and O–H groups in total. The number of sulfonamides is 1. The van der Waals surface area contributed by atoms with Gasteiger partial charge in [-0.25, -0.2) is 12.7 Å². The number of rotatable bonds is 5. The van der Waals surface area contributed by atoms with Crippen LogP contribution in [0.4, 0.5) is 0 Å². The van der Waals surface area contributed by atoms with Crippen LogP contribution in [0.5, 0.6) is 0 Å². The Bertz CT molecular complexity index is 615. The fourth-order valence-corrected chi connectivity index (χ4v) is 4.13.